The molecule has 0 aromatic heterocycles. The molecule has 0 saturated heterocycles. The maximum atomic E-state index is 13.5. The van der Waals surface area contributed by atoms with Gasteiger partial charge in [0.1, 0.15) is 6.04 Å². The van der Waals surface area contributed by atoms with Crippen LogP contribution in [0.1, 0.15) is 36.8 Å². The number of nitrogens with one attached hydrogen (secondary N) is 1. The summed E-state index contributed by atoms with van der Waals surface area (Å²) >= 11 is 0. The number of aryl methyl sites for hydroxylation is 2. The van der Waals surface area contributed by atoms with Crippen molar-refractivity contribution in [2.24, 2.45) is 33.3 Å². The van der Waals surface area contributed by atoms with E-state index in [4.69, 9.17) is 22.9 Å². The van der Waals surface area contributed by atoms with Crippen molar-refractivity contribution < 1.29 is 9.59 Å². The summed E-state index contributed by atoms with van der Waals surface area (Å²) in [5.74, 6) is -0.855. The molecular weight excluding hydrogens is 416 g/mol. The number of carbonyl (C=O) groups excluding carboxylic acids is 2. The van der Waals surface area contributed by atoms with E-state index >= 15 is 0 Å². The van der Waals surface area contributed by atoms with Crippen molar-refractivity contribution in [2.75, 3.05) is 13.1 Å². The zero-order chi connectivity index (χ0) is 24.1. The van der Waals surface area contributed by atoms with E-state index < -0.39 is 17.4 Å². The summed E-state index contributed by atoms with van der Waals surface area (Å²) in [4.78, 5) is 29.5. The molecule has 2 rings (SSSR count). The SMILES string of the molecule is NCC(CCc1ccccc1)(CCc1ccccc1)C(=O)N[C@@H](CCCN=C(N)N)C(N)=O. The highest BCUT2D eigenvalue weighted by Gasteiger charge is 2.38. The number of amides is 2. The minimum absolute atomic E-state index is 0.0152. The molecule has 0 unspecified atom stereocenters. The average Bonchev–Trinajstić information content (AvgIpc) is 2.82. The molecule has 0 radical (unpaired) electrons. The predicted molar refractivity (Wildman–Crippen MR) is 132 cm³/mol. The maximum Gasteiger partial charge on any atom is 0.240 e. The van der Waals surface area contributed by atoms with Gasteiger partial charge in [0.2, 0.25) is 11.8 Å². The maximum absolute atomic E-state index is 13.5. The minimum atomic E-state index is -0.834. The molecule has 178 valence electrons. The van der Waals surface area contributed by atoms with Crippen LogP contribution in [-0.2, 0) is 22.4 Å². The summed E-state index contributed by atoms with van der Waals surface area (Å²) in [7, 11) is 0. The molecule has 1 atom stereocenters. The molecule has 0 saturated carbocycles. The van der Waals surface area contributed by atoms with Crippen molar-refractivity contribution in [1.82, 2.24) is 5.32 Å². The molecule has 0 heterocycles. The van der Waals surface area contributed by atoms with Crippen molar-refractivity contribution in [1.29, 1.82) is 0 Å². The van der Waals surface area contributed by atoms with Crippen molar-refractivity contribution in [3.8, 4) is 0 Å². The number of nitrogens with zero attached hydrogens (tertiary/aromatic N) is 1. The summed E-state index contributed by atoms with van der Waals surface area (Å²) in [6, 6.07) is 19.1. The van der Waals surface area contributed by atoms with Crippen LogP contribution in [-0.4, -0.2) is 36.9 Å². The lowest BCUT2D eigenvalue weighted by molar-refractivity contribution is -0.135. The fourth-order valence-electron chi connectivity index (χ4n) is 3.81. The number of primary amides is 1. The zero-order valence-electron chi connectivity index (χ0n) is 19.1. The van der Waals surface area contributed by atoms with Gasteiger partial charge in [0, 0.05) is 13.1 Å². The van der Waals surface area contributed by atoms with Crippen LogP contribution in [0.4, 0.5) is 0 Å². The third-order valence-electron chi connectivity index (χ3n) is 5.94. The van der Waals surface area contributed by atoms with E-state index in [0.29, 0.717) is 45.1 Å². The molecule has 8 nitrogen and oxygen atoms in total. The Morgan fingerprint density at radius 1 is 0.879 bits per heavy atom. The topological polar surface area (TPSA) is 163 Å². The van der Waals surface area contributed by atoms with Gasteiger partial charge in [-0.15, -0.1) is 0 Å². The number of rotatable bonds is 14. The Labute approximate surface area is 195 Å². The second-order valence-electron chi connectivity index (χ2n) is 8.33. The predicted octanol–water partition coefficient (Wildman–Crippen LogP) is 1.22. The van der Waals surface area contributed by atoms with Crippen LogP contribution in [0.3, 0.4) is 0 Å². The molecule has 33 heavy (non-hydrogen) atoms. The molecule has 0 bridgehead atoms. The highest BCUT2D eigenvalue weighted by atomic mass is 16.2. The molecule has 9 N–H and O–H groups in total. The fourth-order valence-corrected chi connectivity index (χ4v) is 3.81. The highest BCUT2D eigenvalue weighted by Crippen LogP contribution is 2.30. The molecule has 2 amide bonds. The van der Waals surface area contributed by atoms with Crippen molar-refractivity contribution >= 4 is 17.8 Å². The van der Waals surface area contributed by atoms with Gasteiger partial charge in [0.25, 0.3) is 0 Å². The quantitative estimate of drug-likeness (QED) is 0.165. The lowest BCUT2D eigenvalue weighted by atomic mass is 9.76. The van der Waals surface area contributed by atoms with Gasteiger partial charge in [-0.05, 0) is 49.7 Å². The van der Waals surface area contributed by atoms with E-state index in [9.17, 15) is 9.59 Å². The second-order valence-corrected chi connectivity index (χ2v) is 8.33. The monoisotopic (exact) mass is 452 g/mol. The van der Waals surface area contributed by atoms with Gasteiger partial charge in [0.05, 0.1) is 5.41 Å². The number of hydrogen-bond donors (Lipinski definition) is 5. The summed E-state index contributed by atoms with van der Waals surface area (Å²) in [6.07, 6.45) is 3.38. The molecule has 0 fully saturated rings. The molecule has 2 aromatic rings. The van der Waals surface area contributed by atoms with Crippen LogP contribution in [0, 0.1) is 5.41 Å². The van der Waals surface area contributed by atoms with E-state index in [1.165, 1.54) is 0 Å². The van der Waals surface area contributed by atoms with E-state index in [1.54, 1.807) is 0 Å². The van der Waals surface area contributed by atoms with Crippen LogP contribution in [0.25, 0.3) is 0 Å². The largest absolute Gasteiger partial charge is 0.370 e. The number of hydrogen-bond acceptors (Lipinski definition) is 4. The Hall–Kier alpha value is -3.39. The normalized spacial score (nSPS) is 12.0. The van der Waals surface area contributed by atoms with Gasteiger partial charge in [-0.1, -0.05) is 60.7 Å². The Morgan fingerprint density at radius 3 is 1.82 bits per heavy atom. The lowest BCUT2D eigenvalue weighted by Crippen LogP contribution is -2.53. The van der Waals surface area contributed by atoms with E-state index in [-0.39, 0.29) is 18.4 Å². The Kier molecular flexibility index (Phi) is 10.4. The zero-order valence-corrected chi connectivity index (χ0v) is 19.1. The summed E-state index contributed by atoms with van der Waals surface area (Å²) in [5, 5.41) is 2.86. The molecule has 0 aliphatic rings. The van der Waals surface area contributed by atoms with Gasteiger partial charge in [0.15, 0.2) is 5.96 Å². The molecular formula is C25H36N6O2. The first-order valence-corrected chi connectivity index (χ1v) is 11.3. The third kappa shape index (κ3) is 8.57. The lowest BCUT2D eigenvalue weighted by Gasteiger charge is -2.33. The standard InChI is InChI=1S/C25H36N6O2/c26-18-25(15-13-19-8-3-1-4-9-19,16-14-20-10-5-2-6-11-20)23(33)31-21(22(27)32)12-7-17-30-24(28)29/h1-6,8-11,21H,7,12-18,26H2,(H2,27,32)(H,31,33)(H4,28,29,30)/t21-/m0/s1. The summed E-state index contributed by atoms with van der Waals surface area (Å²) in [5.41, 5.74) is 23.9. The van der Waals surface area contributed by atoms with E-state index in [2.05, 4.69) is 10.3 Å². The Balaban J connectivity index is 2.16. The first-order valence-electron chi connectivity index (χ1n) is 11.3. The number of aliphatic imine (C=N–C) groups is 1. The first kappa shape index (κ1) is 25.9. The second kappa shape index (κ2) is 13.2. The van der Waals surface area contributed by atoms with Crippen molar-refractivity contribution in [3.63, 3.8) is 0 Å². The smallest absolute Gasteiger partial charge is 0.240 e. The van der Waals surface area contributed by atoms with Crippen LogP contribution in [0.2, 0.25) is 0 Å². The van der Waals surface area contributed by atoms with Crippen LogP contribution < -0.4 is 28.3 Å². The van der Waals surface area contributed by atoms with Gasteiger partial charge < -0.3 is 28.3 Å². The van der Waals surface area contributed by atoms with E-state index in [1.807, 2.05) is 60.7 Å². The van der Waals surface area contributed by atoms with Gasteiger partial charge in [-0.25, -0.2) is 0 Å². The molecule has 0 aliphatic heterocycles. The Morgan fingerprint density at radius 2 is 1.39 bits per heavy atom. The number of nitrogens with two attached hydrogens (primary N) is 4. The number of carbonyl (C=O) groups is 2. The molecule has 2 aromatic carbocycles. The number of guanidine groups is 1. The van der Waals surface area contributed by atoms with Crippen molar-refractivity contribution in [2.45, 2.75) is 44.6 Å². The van der Waals surface area contributed by atoms with Crippen molar-refractivity contribution in [3.05, 3.63) is 71.8 Å². The van der Waals surface area contributed by atoms with Gasteiger partial charge >= 0.3 is 0 Å². The van der Waals surface area contributed by atoms with E-state index in [0.717, 1.165) is 11.1 Å². The van der Waals surface area contributed by atoms with Crippen LogP contribution >= 0.6 is 0 Å². The summed E-state index contributed by atoms with van der Waals surface area (Å²) < 4.78 is 0. The van der Waals surface area contributed by atoms with Crippen LogP contribution in [0.5, 0.6) is 0 Å². The highest BCUT2D eigenvalue weighted by molar-refractivity contribution is 5.89. The summed E-state index contributed by atoms with van der Waals surface area (Å²) in [6.45, 7) is 0.518. The molecule has 0 spiro atoms. The first-order chi connectivity index (χ1) is 15.9. The average molecular weight is 453 g/mol. The molecule has 0 aliphatic carbocycles. The van der Waals surface area contributed by atoms with Gasteiger partial charge in [-0.2, -0.15) is 0 Å². The van der Waals surface area contributed by atoms with Crippen LogP contribution in [0.15, 0.2) is 65.7 Å². The minimum Gasteiger partial charge on any atom is -0.370 e. The molecule has 8 heteroatoms. The Bertz CT molecular complexity index is 854. The fraction of sp³-hybridized carbons (Fsp3) is 0.400. The number of benzene rings is 2. The third-order valence-corrected chi connectivity index (χ3v) is 5.94. The van der Waals surface area contributed by atoms with Gasteiger partial charge in [-0.3, -0.25) is 14.6 Å².